The third kappa shape index (κ3) is 3.52. The zero-order chi connectivity index (χ0) is 22.4. The third-order valence-corrected chi connectivity index (χ3v) is 7.00. The largest absolute Gasteiger partial charge is 0.507 e. The number of amides is 1. The number of thiazole rings is 1. The lowest BCUT2D eigenvalue weighted by molar-refractivity contribution is -0.132. The molecule has 8 heteroatoms. The molecule has 1 fully saturated rings. The molecule has 1 N–H and O–H groups in total. The lowest BCUT2D eigenvalue weighted by Gasteiger charge is -2.23. The number of anilines is 1. The van der Waals surface area contributed by atoms with Crippen molar-refractivity contribution in [3.8, 4) is 0 Å². The summed E-state index contributed by atoms with van der Waals surface area (Å²) in [6.45, 7) is 0. The number of halogens is 2. The van der Waals surface area contributed by atoms with Gasteiger partial charge in [0.05, 0.1) is 21.8 Å². The van der Waals surface area contributed by atoms with Gasteiger partial charge in [0, 0.05) is 15.1 Å². The van der Waals surface area contributed by atoms with E-state index in [0.29, 0.717) is 26.8 Å². The molecule has 1 amide bonds. The molecule has 3 aromatic carbocycles. The van der Waals surface area contributed by atoms with Gasteiger partial charge in [0.1, 0.15) is 5.76 Å². The van der Waals surface area contributed by atoms with Gasteiger partial charge in [-0.15, -0.1) is 0 Å². The summed E-state index contributed by atoms with van der Waals surface area (Å²) < 4.78 is 1.66. The van der Waals surface area contributed by atoms with Crippen LogP contribution in [0, 0.1) is 0 Å². The van der Waals surface area contributed by atoms with E-state index in [1.807, 2.05) is 30.3 Å². The Kier molecular flexibility index (Phi) is 5.33. The second kappa shape index (κ2) is 8.16. The van der Waals surface area contributed by atoms with Gasteiger partial charge < -0.3 is 5.11 Å². The molecule has 0 radical (unpaired) electrons. The molecule has 5 rings (SSSR count). The maximum atomic E-state index is 13.2. The van der Waals surface area contributed by atoms with Crippen LogP contribution in [0.4, 0.5) is 5.13 Å². The number of hydrogen-bond donors (Lipinski definition) is 1. The van der Waals surface area contributed by atoms with E-state index in [0.717, 1.165) is 9.17 Å². The molecule has 1 saturated heterocycles. The van der Waals surface area contributed by atoms with Gasteiger partial charge in [0.15, 0.2) is 5.13 Å². The van der Waals surface area contributed by atoms with E-state index in [-0.39, 0.29) is 11.3 Å². The summed E-state index contributed by atoms with van der Waals surface area (Å²) in [5.74, 6) is -1.71. The molecule has 1 atom stereocenters. The zero-order valence-electron chi connectivity index (χ0n) is 16.3. The highest BCUT2D eigenvalue weighted by Gasteiger charge is 2.48. The molecule has 1 aliphatic heterocycles. The maximum Gasteiger partial charge on any atom is 0.301 e. The fourth-order valence-electron chi connectivity index (χ4n) is 3.73. The standard InChI is InChI=1S/C24H14BrClN2O3S/c25-15-8-6-13(7-9-15)20-19(21(29)14-4-2-1-3-5-14)22(30)23(31)28(20)24-27-17-11-10-16(26)12-18(17)32-24/h1-12,20,29H. The number of carbonyl (C=O) groups excluding carboxylic acids is 2. The summed E-state index contributed by atoms with van der Waals surface area (Å²) in [6, 6.07) is 20.5. The molecule has 158 valence electrons. The van der Waals surface area contributed by atoms with Crippen LogP contribution in [0.15, 0.2) is 82.8 Å². The van der Waals surface area contributed by atoms with E-state index < -0.39 is 17.7 Å². The monoisotopic (exact) mass is 524 g/mol. The quantitative estimate of drug-likeness (QED) is 0.192. The fraction of sp³-hybridized carbons (Fsp3) is 0.0417. The predicted octanol–water partition coefficient (Wildman–Crippen LogP) is 6.34. The van der Waals surface area contributed by atoms with E-state index in [1.165, 1.54) is 16.2 Å². The first kappa shape index (κ1) is 20.9. The van der Waals surface area contributed by atoms with Crippen LogP contribution in [0.1, 0.15) is 17.2 Å². The molecular weight excluding hydrogens is 512 g/mol. The number of rotatable bonds is 3. The summed E-state index contributed by atoms with van der Waals surface area (Å²) in [5.41, 5.74) is 1.85. The Balaban J connectivity index is 1.73. The van der Waals surface area contributed by atoms with Crippen LogP contribution in [-0.2, 0) is 9.59 Å². The molecule has 2 heterocycles. The minimum Gasteiger partial charge on any atom is -0.507 e. The van der Waals surface area contributed by atoms with Crippen LogP contribution in [-0.4, -0.2) is 21.8 Å². The lowest BCUT2D eigenvalue weighted by atomic mass is 9.95. The molecule has 1 aromatic heterocycles. The molecule has 4 aromatic rings. The van der Waals surface area contributed by atoms with Crippen molar-refractivity contribution in [2.75, 3.05) is 4.90 Å². The SMILES string of the molecule is O=C1C(=O)N(c2nc3ccc(Cl)cc3s2)C(c2ccc(Br)cc2)C1=C(O)c1ccccc1. The number of aliphatic hydroxyl groups excluding tert-OH is 1. The van der Waals surface area contributed by atoms with Crippen molar-refractivity contribution in [2.24, 2.45) is 0 Å². The van der Waals surface area contributed by atoms with Gasteiger partial charge in [-0.25, -0.2) is 4.98 Å². The fourth-order valence-corrected chi connectivity index (χ4v) is 5.26. The normalized spacial score (nSPS) is 17.9. The highest BCUT2D eigenvalue weighted by molar-refractivity contribution is 9.10. The smallest absolute Gasteiger partial charge is 0.301 e. The summed E-state index contributed by atoms with van der Waals surface area (Å²) in [5, 5.41) is 12.0. The van der Waals surface area contributed by atoms with E-state index in [9.17, 15) is 14.7 Å². The van der Waals surface area contributed by atoms with Crippen molar-refractivity contribution in [3.63, 3.8) is 0 Å². The zero-order valence-corrected chi connectivity index (χ0v) is 19.5. The number of hydrogen-bond acceptors (Lipinski definition) is 5. The minimum absolute atomic E-state index is 0.0285. The van der Waals surface area contributed by atoms with Crippen LogP contribution in [0.25, 0.3) is 16.0 Å². The molecule has 1 unspecified atom stereocenters. The number of carbonyl (C=O) groups is 2. The molecule has 0 bridgehead atoms. The Morgan fingerprint density at radius 2 is 1.75 bits per heavy atom. The van der Waals surface area contributed by atoms with Crippen molar-refractivity contribution in [1.29, 1.82) is 0 Å². The molecule has 0 spiro atoms. The number of aliphatic hydroxyl groups is 1. The first-order chi connectivity index (χ1) is 15.4. The second-order valence-corrected chi connectivity index (χ2v) is 9.56. The average molecular weight is 526 g/mol. The van der Waals surface area contributed by atoms with Crippen LogP contribution in [0.2, 0.25) is 5.02 Å². The number of nitrogens with zero attached hydrogens (tertiary/aromatic N) is 2. The van der Waals surface area contributed by atoms with Crippen molar-refractivity contribution < 1.29 is 14.7 Å². The van der Waals surface area contributed by atoms with Crippen molar-refractivity contribution >= 4 is 71.7 Å². The molecule has 0 aliphatic carbocycles. The number of Topliss-reactive ketones (excluding diaryl/α,β-unsaturated/α-hetero) is 1. The Morgan fingerprint density at radius 1 is 1.03 bits per heavy atom. The highest BCUT2D eigenvalue weighted by atomic mass is 79.9. The van der Waals surface area contributed by atoms with Gasteiger partial charge in [-0.3, -0.25) is 14.5 Å². The third-order valence-electron chi connectivity index (χ3n) is 5.22. The van der Waals surface area contributed by atoms with Crippen molar-refractivity contribution in [2.45, 2.75) is 6.04 Å². The van der Waals surface area contributed by atoms with E-state index in [2.05, 4.69) is 20.9 Å². The molecule has 32 heavy (non-hydrogen) atoms. The molecule has 0 saturated carbocycles. The Morgan fingerprint density at radius 3 is 2.47 bits per heavy atom. The average Bonchev–Trinajstić information content (AvgIpc) is 3.32. The highest BCUT2D eigenvalue weighted by Crippen LogP contribution is 2.44. The first-order valence-corrected chi connectivity index (χ1v) is 11.6. The molecule has 5 nitrogen and oxygen atoms in total. The summed E-state index contributed by atoms with van der Waals surface area (Å²) in [4.78, 5) is 32.3. The van der Waals surface area contributed by atoms with E-state index in [4.69, 9.17) is 11.6 Å². The summed E-state index contributed by atoms with van der Waals surface area (Å²) in [6.07, 6.45) is 0. The summed E-state index contributed by atoms with van der Waals surface area (Å²) >= 11 is 10.8. The van der Waals surface area contributed by atoms with Crippen LogP contribution in [0.5, 0.6) is 0 Å². The topological polar surface area (TPSA) is 70.5 Å². The summed E-state index contributed by atoms with van der Waals surface area (Å²) in [7, 11) is 0. The van der Waals surface area contributed by atoms with E-state index >= 15 is 0 Å². The number of aromatic nitrogens is 1. The Bertz CT molecular complexity index is 1400. The Hall–Kier alpha value is -3.00. The van der Waals surface area contributed by atoms with Gasteiger partial charge in [-0.1, -0.05) is 81.3 Å². The first-order valence-electron chi connectivity index (χ1n) is 9.62. The molecule has 1 aliphatic rings. The van der Waals surface area contributed by atoms with Crippen LogP contribution >= 0.6 is 38.9 Å². The Labute approximate surface area is 200 Å². The van der Waals surface area contributed by atoms with Crippen molar-refractivity contribution in [1.82, 2.24) is 4.98 Å². The van der Waals surface area contributed by atoms with Crippen LogP contribution in [0.3, 0.4) is 0 Å². The van der Waals surface area contributed by atoms with E-state index in [1.54, 1.807) is 42.5 Å². The van der Waals surface area contributed by atoms with Gasteiger partial charge in [0.2, 0.25) is 0 Å². The van der Waals surface area contributed by atoms with Crippen molar-refractivity contribution in [3.05, 3.63) is 99.0 Å². The van der Waals surface area contributed by atoms with Gasteiger partial charge >= 0.3 is 5.91 Å². The van der Waals surface area contributed by atoms with Gasteiger partial charge in [-0.05, 0) is 35.9 Å². The number of fused-ring (bicyclic) bond motifs is 1. The van der Waals surface area contributed by atoms with Gasteiger partial charge in [-0.2, -0.15) is 0 Å². The van der Waals surface area contributed by atoms with Gasteiger partial charge in [0.25, 0.3) is 5.78 Å². The predicted molar refractivity (Wildman–Crippen MR) is 130 cm³/mol. The van der Waals surface area contributed by atoms with Crippen LogP contribution < -0.4 is 4.90 Å². The second-order valence-electron chi connectivity index (χ2n) is 7.20. The minimum atomic E-state index is -0.820. The number of ketones is 1. The number of benzene rings is 3. The lowest BCUT2D eigenvalue weighted by Crippen LogP contribution is -2.29. The molecular formula is C24H14BrClN2O3S. The maximum absolute atomic E-state index is 13.2.